The van der Waals surface area contributed by atoms with E-state index in [0.29, 0.717) is 0 Å². The molecule has 0 aliphatic rings. The van der Waals surface area contributed by atoms with E-state index in [2.05, 4.69) is 0 Å². The molecular weight excluding hydrogens is 536 g/mol. The zero-order chi connectivity index (χ0) is 31.1. The molecule has 0 unspecified atom stereocenters. The molecule has 0 amide bonds. The minimum Gasteiger partial charge on any atom is -0.508 e. The van der Waals surface area contributed by atoms with E-state index < -0.39 is 68.5 Å². The second-order valence-corrected chi connectivity index (χ2v) is 12.2. The second kappa shape index (κ2) is 10.8. The van der Waals surface area contributed by atoms with Crippen molar-refractivity contribution in [3.63, 3.8) is 0 Å². The zero-order valence-corrected chi connectivity index (χ0v) is 24.5. The van der Waals surface area contributed by atoms with Gasteiger partial charge in [0.25, 0.3) is 0 Å². The Morgan fingerprint density at radius 2 is 1.27 bits per heavy atom. The van der Waals surface area contributed by atoms with Crippen LogP contribution in [0.5, 0.6) is 17.2 Å². The summed E-state index contributed by atoms with van der Waals surface area (Å²) in [5.74, 6) is -4.16. The third kappa shape index (κ3) is 7.56. The van der Waals surface area contributed by atoms with Crippen molar-refractivity contribution in [2.45, 2.75) is 79.1 Å². The summed E-state index contributed by atoms with van der Waals surface area (Å²) in [6.07, 6.45) is -1.28. The highest BCUT2D eigenvalue weighted by molar-refractivity contribution is 6.06. The van der Waals surface area contributed by atoms with Gasteiger partial charge in [-0.05, 0) is 80.0 Å². The van der Waals surface area contributed by atoms with E-state index in [-0.39, 0.29) is 22.5 Å². The fourth-order valence-corrected chi connectivity index (χ4v) is 3.65. The Morgan fingerprint density at radius 1 is 0.756 bits per heavy atom. The maximum absolute atomic E-state index is 14.2. The maximum Gasteiger partial charge on any atom is 0.514 e. The van der Waals surface area contributed by atoms with E-state index in [0.717, 1.165) is 6.07 Å². The number of aromatic hydroxyl groups is 2. The van der Waals surface area contributed by atoms with Crippen LogP contribution in [-0.4, -0.2) is 45.1 Å². The Labute approximate surface area is 236 Å². The lowest BCUT2D eigenvalue weighted by Gasteiger charge is -2.23. The van der Waals surface area contributed by atoms with Crippen molar-refractivity contribution in [2.24, 2.45) is 0 Å². The number of ether oxygens (including phenoxy) is 4. The van der Waals surface area contributed by atoms with E-state index in [1.165, 1.54) is 24.3 Å². The molecule has 11 heteroatoms. The van der Waals surface area contributed by atoms with Gasteiger partial charge in [-0.2, -0.15) is 0 Å². The smallest absolute Gasteiger partial charge is 0.508 e. The van der Waals surface area contributed by atoms with E-state index >= 15 is 0 Å². The first-order valence-corrected chi connectivity index (χ1v) is 12.7. The first-order valence-electron chi connectivity index (χ1n) is 12.7. The molecule has 0 radical (unpaired) electrons. The number of esters is 2. The third-order valence-corrected chi connectivity index (χ3v) is 5.04. The molecule has 2 aromatic carbocycles. The van der Waals surface area contributed by atoms with Gasteiger partial charge in [-0.1, -0.05) is 12.1 Å². The van der Waals surface area contributed by atoms with Gasteiger partial charge < -0.3 is 33.6 Å². The minimum absolute atomic E-state index is 0.108. The standard InChI is InChI=1S/C30H34O11/c1-28(2,3)39-25(34)20-17(32)14-18-21(23(20)38-27(36)41-30(7,8)9)22(33)19(15-10-12-16(31)13-11-15)24(37-18)26(35)40-29(4,5)6/h10-14,31-32H,1-9H3. The predicted octanol–water partition coefficient (Wildman–Crippen LogP) is 6.10. The molecule has 0 bridgehead atoms. The van der Waals surface area contributed by atoms with E-state index in [4.69, 9.17) is 23.4 Å². The normalized spacial score (nSPS) is 12.1. The topological polar surface area (TPSA) is 159 Å². The van der Waals surface area contributed by atoms with E-state index in [1.807, 2.05) is 0 Å². The van der Waals surface area contributed by atoms with Gasteiger partial charge >= 0.3 is 18.1 Å². The quantitative estimate of drug-likeness (QED) is 0.212. The van der Waals surface area contributed by atoms with Crippen LogP contribution in [0.25, 0.3) is 22.1 Å². The van der Waals surface area contributed by atoms with Crippen LogP contribution >= 0.6 is 0 Å². The molecule has 0 saturated carbocycles. The minimum atomic E-state index is -1.28. The fourth-order valence-electron chi connectivity index (χ4n) is 3.65. The highest BCUT2D eigenvalue weighted by atomic mass is 16.7. The SMILES string of the molecule is CC(C)(C)OC(=O)Oc1c(C(=O)OC(C)(C)C)c(O)cc2oc(C(=O)OC(C)(C)C)c(-c3ccc(O)cc3)c(=O)c12. The van der Waals surface area contributed by atoms with Crippen LogP contribution in [0.3, 0.4) is 0 Å². The molecule has 0 atom stereocenters. The molecule has 0 saturated heterocycles. The number of hydrogen-bond acceptors (Lipinski definition) is 11. The van der Waals surface area contributed by atoms with Crippen molar-refractivity contribution in [1.29, 1.82) is 0 Å². The Bertz CT molecular complexity index is 1560. The zero-order valence-electron chi connectivity index (χ0n) is 24.5. The average Bonchev–Trinajstić information content (AvgIpc) is 2.75. The molecule has 0 aliphatic carbocycles. The summed E-state index contributed by atoms with van der Waals surface area (Å²) in [4.78, 5) is 53.3. The lowest BCUT2D eigenvalue weighted by Crippen LogP contribution is -2.28. The molecule has 11 nitrogen and oxygen atoms in total. The van der Waals surface area contributed by atoms with Gasteiger partial charge in [0.15, 0.2) is 5.75 Å². The van der Waals surface area contributed by atoms with E-state index in [9.17, 15) is 29.4 Å². The van der Waals surface area contributed by atoms with Gasteiger partial charge in [0.1, 0.15) is 44.8 Å². The number of fused-ring (bicyclic) bond motifs is 1. The van der Waals surface area contributed by atoms with Gasteiger partial charge in [0.05, 0.1) is 5.56 Å². The van der Waals surface area contributed by atoms with Crippen LogP contribution in [0.1, 0.15) is 83.2 Å². The molecule has 3 rings (SSSR count). The van der Waals surface area contributed by atoms with Crippen LogP contribution in [0.2, 0.25) is 0 Å². The van der Waals surface area contributed by atoms with Crippen LogP contribution in [0.4, 0.5) is 4.79 Å². The highest BCUT2D eigenvalue weighted by Gasteiger charge is 2.34. The maximum atomic E-state index is 14.2. The molecule has 3 aromatic rings. The molecule has 0 aliphatic heterocycles. The first-order chi connectivity index (χ1) is 18.7. The van der Waals surface area contributed by atoms with E-state index in [1.54, 1.807) is 62.3 Å². The summed E-state index contributed by atoms with van der Waals surface area (Å²) in [5, 5.41) is 20.2. The van der Waals surface area contributed by atoms with Crippen LogP contribution in [-0.2, 0) is 14.2 Å². The Balaban J connectivity index is 2.47. The Morgan fingerprint density at radius 3 is 1.78 bits per heavy atom. The summed E-state index contributed by atoms with van der Waals surface area (Å²) >= 11 is 0. The van der Waals surface area contributed by atoms with Crippen molar-refractivity contribution in [3.05, 3.63) is 51.9 Å². The lowest BCUT2D eigenvalue weighted by molar-refractivity contribution is 0.00278. The summed E-state index contributed by atoms with van der Waals surface area (Å²) in [5.41, 5.74) is -5.08. The molecule has 1 aromatic heterocycles. The number of phenols is 2. The van der Waals surface area contributed by atoms with Crippen molar-refractivity contribution >= 4 is 29.1 Å². The molecule has 220 valence electrons. The summed E-state index contributed by atoms with van der Waals surface area (Å²) in [7, 11) is 0. The fraction of sp³-hybridized carbons (Fsp3) is 0.400. The van der Waals surface area contributed by atoms with Crippen LogP contribution in [0, 0.1) is 0 Å². The number of carbonyl (C=O) groups is 3. The summed E-state index contributed by atoms with van der Waals surface area (Å²) in [6.45, 7) is 14.4. The van der Waals surface area contributed by atoms with Crippen LogP contribution in [0.15, 0.2) is 39.5 Å². The first kappa shape index (κ1) is 31.0. The number of rotatable bonds is 4. The van der Waals surface area contributed by atoms with Gasteiger partial charge in [-0.15, -0.1) is 0 Å². The Hall–Kier alpha value is -4.54. The van der Waals surface area contributed by atoms with Crippen molar-refractivity contribution in [2.75, 3.05) is 0 Å². The van der Waals surface area contributed by atoms with Gasteiger partial charge in [-0.25, -0.2) is 14.4 Å². The second-order valence-electron chi connectivity index (χ2n) is 12.2. The van der Waals surface area contributed by atoms with Crippen LogP contribution < -0.4 is 10.2 Å². The Kier molecular flexibility index (Phi) is 8.16. The number of phenolic OH excluding ortho intramolecular Hbond substituents is 2. The number of benzene rings is 2. The monoisotopic (exact) mass is 570 g/mol. The summed E-state index contributed by atoms with van der Waals surface area (Å²) in [6, 6.07) is 6.25. The molecule has 0 fully saturated rings. The summed E-state index contributed by atoms with van der Waals surface area (Å²) < 4.78 is 27.3. The van der Waals surface area contributed by atoms with Crippen molar-refractivity contribution in [3.8, 4) is 28.4 Å². The molecular formula is C30H34O11. The van der Waals surface area contributed by atoms with Gasteiger partial charge in [0, 0.05) is 6.07 Å². The average molecular weight is 571 g/mol. The van der Waals surface area contributed by atoms with Crippen molar-refractivity contribution in [1.82, 2.24) is 0 Å². The lowest BCUT2D eigenvalue weighted by atomic mass is 9.99. The third-order valence-electron chi connectivity index (χ3n) is 5.04. The number of hydrogen-bond donors (Lipinski definition) is 2. The molecule has 1 heterocycles. The molecule has 41 heavy (non-hydrogen) atoms. The predicted molar refractivity (Wildman–Crippen MR) is 148 cm³/mol. The number of carbonyl (C=O) groups excluding carboxylic acids is 3. The van der Waals surface area contributed by atoms with Gasteiger partial charge in [-0.3, -0.25) is 4.79 Å². The highest BCUT2D eigenvalue weighted by Crippen LogP contribution is 2.39. The largest absolute Gasteiger partial charge is 0.514 e. The molecule has 0 spiro atoms. The molecule has 2 N–H and O–H groups in total. The van der Waals surface area contributed by atoms with Gasteiger partial charge in [0.2, 0.25) is 11.2 Å². The van der Waals surface area contributed by atoms with Crippen molar-refractivity contribution < 1.29 is 48.0 Å².